The van der Waals surface area contributed by atoms with Crippen LogP contribution in [-0.4, -0.2) is 32.8 Å². The zero-order valence-corrected chi connectivity index (χ0v) is 10.4. The van der Waals surface area contributed by atoms with Crippen LogP contribution >= 0.6 is 0 Å². The average Bonchev–Trinajstić information content (AvgIpc) is 2.35. The van der Waals surface area contributed by atoms with E-state index in [4.69, 9.17) is 10.5 Å². The molecular weight excluding hydrogens is 219 g/mol. The molecule has 0 saturated carbocycles. The Morgan fingerprint density at radius 3 is 2.53 bits per heavy atom. The largest absolute Gasteiger partial charge is 0.380 e. The minimum Gasteiger partial charge on any atom is -0.380 e. The molecule has 0 atom stereocenters. The van der Waals surface area contributed by atoms with Crippen LogP contribution in [0, 0.1) is 5.82 Å². The van der Waals surface area contributed by atoms with Gasteiger partial charge in [-0.1, -0.05) is 0 Å². The van der Waals surface area contributed by atoms with Crippen molar-refractivity contribution in [3.05, 3.63) is 30.1 Å². The second-order valence-corrected chi connectivity index (χ2v) is 3.80. The number of rotatable bonds is 8. The number of halogens is 1. The highest BCUT2D eigenvalue weighted by Gasteiger charge is 2.05. The van der Waals surface area contributed by atoms with E-state index in [1.54, 1.807) is 12.1 Å². The summed E-state index contributed by atoms with van der Waals surface area (Å²) < 4.78 is 18.2. The minimum atomic E-state index is -0.211. The first kappa shape index (κ1) is 13.9. The highest BCUT2D eigenvalue weighted by molar-refractivity contribution is 5.46. The standard InChI is InChI=1S/C13H21FN2O/c1-2-17-11-10-16(9-3-8-15)13-6-4-12(14)5-7-13/h4-7H,2-3,8-11,15H2,1H3. The molecule has 1 rings (SSSR count). The summed E-state index contributed by atoms with van der Waals surface area (Å²) in [6, 6.07) is 6.53. The quantitative estimate of drug-likeness (QED) is 0.706. The number of benzene rings is 1. The molecule has 0 amide bonds. The monoisotopic (exact) mass is 240 g/mol. The highest BCUT2D eigenvalue weighted by Crippen LogP contribution is 2.14. The van der Waals surface area contributed by atoms with Crippen molar-refractivity contribution in [1.82, 2.24) is 0 Å². The van der Waals surface area contributed by atoms with Crippen LogP contribution in [0.3, 0.4) is 0 Å². The van der Waals surface area contributed by atoms with Crippen LogP contribution in [0.2, 0.25) is 0 Å². The van der Waals surface area contributed by atoms with Crippen LogP contribution in [-0.2, 0) is 4.74 Å². The molecule has 0 fully saturated rings. The molecule has 96 valence electrons. The molecule has 1 aromatic carbocycles. The highest BCUT2D eigenvalue weighted by atomic mass is 19.1. The molecule has 0 aliphatic rings. The maximum Gasteiger partial charge on any atom is 0.123 e. The molecule has 3 nitrogen and oxygen atoms in total. The van der Waals surface area contributed by atoms with Crippen molar-refractivity contribution < 1.29 is 9.13 Å². The van der Waals surface area contributed by atoms with Gasteiger partial charge in [-0.05, 0) is 44.2 Å². The maximum atomic E-state index is 12.8. The van der Waals surface area contributed by atoms with Crippen LogP contribution in [0.5, 0.6) is 0 Å². The fourth-order valence-corrected chi connectivity index (χ4v) is 1.62. The van der Waals surface area contributed by atoms with Gasteiger partial charge < -0.3 is 15.4 Å². The average molecular weight is 240 g/mol. The van der Waals surface area contributed by atoms with E-state index in [0.717, 1.165) is 25.2 Å². The van der Waals surface area contributed by atoms with Gasteiger partial charge in [-0.25, -0.2) is 4.39 Å². The Morgan fingerprint density at radius 1 is 1.24 bits per heavy atom. The summed E-state index contributed by atoms with van der Waals surface area (Å²) in [6.45, 7) is 5.70. The van der Waals surface area contributed by atoms with Gasteiger partial charge in [-0.15, -0.1) is 0 Å². The molecule has 0 unspecified atom stereocenters. The van der Waals surface area contributed by atoms with Gasteiger partial charge in [0, 0.05) is 25.4 Å². The number of nitrogens with zero attached hydrogens (tertiary/aromatic N) is 1. The summed E-state index contributed by atoms with van der Waals surface area (Å²) in [5.41, 5.74) is 6.53. The van der Waals surface area contributed by atoms with E-state index in [2.05, 4.69) is 4.90 Å². The molecule has 0 aromatic heterocycles. The first-order valence-corrected chi connectivity index (χ1v) is 6.06. The molecular formula is C13H21FN2O. The lowest BCUT2D eigenvalue weighted by Crippen LogP contribution is -2.29. The molecule has 17 heavy (non-hydrogen) atoms. The van der Waals surface area contributed by atoms with E-state index in [1.807, 2.05) is 6.92 Å². The lowest BCUT2D eigenvalue weighted by atomic mass is 10.2. The van der Waals surface area contributed by atoms with Crippen molar-refractivity contribution in [2.24, 2.45) is 5.73 Å². The van der Waals surface area contributed by atoms with E-state index in [0.29, 0.717) is 19.8 Å². The number of hydrogen-bond acceptors (Lipinski definition) is 3. The van der Waals surface area contributed by atoms with E-state index in [1.165, 1.54) is 12.1 Å². The number of ether oxygens (including phenoxy) is 1. The molecule has 0 radical (unpaired) electrons. The van der Waals surface area contributed by atoms with Crippen LogP contribution in [0.15, 0.2) is 24.3 Å². The summed E-state index contributed by atoms with van der Waals surface area (Å²) in [5, 5.41) is 0. The van der Waals surface area contributed by atoms with Gasteiger partial charge in [0.15, 0.2) is 0 Å². The van der Waals surface area contributed by atoms with Gasteiger partial charge in [0.1, 0.15) is 5.82 Å². The second-order valence-electron chi connectivity index (χ2n) is 3.80. The second kappa shape index (κ2) is 8.03. The smallest absolute Gasteiger partial charge is 0.123 e. The van der Waals surface area contributed by atoms with Gasteiger partial charge in [0.05, 0.1) is 6.61 Å². The minimum absolute atomic E-state index is 0.211. The molecule has 0 saturated heterocycles. The zero-order valence-electron chi connectivity index (χ0n) is 10.4. The molecule has 0 bridgehead atoms. The van der Waals surface area contributed by atoms with E-state index < -0.39 is 0 Å². The van der Waals surface area contributed by atoms with Gasteiger partial charge in [-0.2, -0.15) is 0 Å². The first-order valence-electron chi connectivity index (χ1n) is 6.06. The predicted octanol–water partition coefficient (Wildman–Crippen LogP) is 2.02. The predicted molar refractivity (Wildman–Crippen MR) is 68.8 cm³/mol. The van der Waals surface area contributed by atoms with E-state index >= 15 is 0 Å². The third-order valence-electron chi connectivity index (χ3n) is 2.53. The van der Waals surface area contributed by atoms with Gasteiger partial charge >= 0.3 is 0 Å². The Morgan fingerprint density at radius 2 is 1.94 bits per heavy atom. The fourth-order valence-electron chi connectivity index (χ4n) is 1.62. The topological polar surface area (TPSA) is 38.5 Å². The zero-order chi connectivity index (χ0) is 12.5. The number of anilines is 1. The summed E-state index contributed by atoms with van der Waals surface area (Å²) in [6.07, 6.45) is 0.920. The number of hydrogen-bond donors (Lipinski definition) is 1. The van der Waals surface area contributed by atoms with Crippen LogP contribution in [0.1, 0.15) is 13.3 Å². The number of nitrogens with two attached hydrogens (primary N) is 1. The van der Waals surface area contributed by atoms with Crippen molar-refractivity contribution >= 4 is 5.69 Å². The summed E-state index contributed by atoms with van der Waals surface area (Å²) in [4.78, 5) is 2.17. The third kappa shape index (κ3) is 5.15. The molecule has 1 aromatic rings. The molecule has 0 aliphatic heterocycles. The molecule has 0 heterocycles. The fraction of sp³-hybridized carbons (Fsp3) is 0.538. The summed E-state index contributed by atoms with van der Waals surface area (Å²) in [7, 11) is 0. The van der Waals surface area contributed by atoms with Gasteiger partial charge in [0.25, 0.3) is 0 Å². The molecule has 2 N–H and O–H groups in total. The maximum absolute atomic E-state index is 12.8. The Labute approximate surface area is 102 Å². The Bertz CT molecular complexity index is 303. The Balaban J connectivity index is 2.57. The van der Waals surface area contributed by atoms with E-state index in [9.17, 15) is 4.39 Å². The van der Waals surface area contributed by atoms with Gasteiger partial charge in [-0.3, -0.25) is 0 Å². The normalized spacial score (nSPS) is 10.5. The Hall–Kier alpha value is -1.13. The molecule has 0 aliphatic carbocycles. The molecule has 0 spiro atoms. The van der Waals surface area contributed by atoms with Crippen molar-refractivity contribution in [3.63, 3.8) is 0 Å². The van der Waals surface area contributed by atoms with Crippen LogP contribution < -0.4 is 10.6 Å². The summed E-state index contributed by atoms with van der Waals surface area (Å²) >= 11 is 0. The van der Waals surface area contributed by atoms with Crippen LogP contribution in [0.4, 0.5) is 10.1 Å². The SMILES string of the molecule is CCOCCN(CCCN)c1ccc(F)cc1. The van der Waals surface area contributed by atoms with E-state index in [-0.39, 0.29) is 5.82 Å². The van der Waals surface area contributed by atoms with Crippen molar-refractivity contribution in [3.8, 4) is 0 Å². The van der Waals surface area contributed by atoms with Gasteiger partial charge in [0.2, 0.25) is 0 Å². The lowest BCUT2D eigenvalue weighted by Gasteiger charge is -2.24. The van der Waals surface area contributed by atoms with Crippen molar-refractivity contribution in [2.45, 2.75) is 13.3 Å². The Kier molecular flexibility index (Phi) is 6.58. The molecule has 4 heteroatoms. The first-order chi connectivity index (χ1) is 8.27. The third-order valence-corrected chi connectivity index (χ3v) is 2.53. The van der Waals surface area contributed by atoms with Crippen molar-refractivity contribution in [1.29, 1.82) is 0 Å². The van der Waals surface area contributed by atoms with Crippen LogP contribution in [0.25, 0.3) is 0 Å². The van der Waals surface area contributed by atoms with Crippen molar-refractivity contribution in [2.75, 3.05) is 37.7 Å². The lowest BCUT2D eigenvalue weighted by molar-refractivity contribution is 0.154. The summed E-state index contributed by atoms with van der Waals surface area (Å²) in [5.74, 6) is -0.211.